The van der Waals surface area contributed by atoms with Gasteiger partial charge in [-0.3, -0.25) is 0 Å². The first-order valence-electron chi connectivity index (χ1n) is 5.74. The summed E-state index contributed by atoms with van der Waals surface area (Å²) < 4.78 is 5.72. The van der Waals surface area contributed by atoms with Crippen LogP contribution in [0, 0.1) is 0 Å². The topological polar surface area (TPSA) is 67.3 Å². The van der Waals surface area contributed by atoms with Crippen LogP contribution in [-0.2, 0) is 6.61 Å². The Balaban J connectivity index is 2.32. The van der Waals surface area contributed by atoms with Crippen molar-refractivity contribution in [2.75, 3.05) is 18.6 Å². The first-order chi connectivity index (χ1) is 9.26. The van der Waals surface area contributed by atoms with E-state index in [1.54, 1.807) is 19.2 Å². The molecule has 2 N–H and O–H groups in total. The van der Waals surface area contributed by atoms with Gasteiger partial charge in [-0.1, -0.05) is 30.0 Å². The highest BCUT2D eigenvalue weighted by atomic mass is 32.2. The summed E-state index contributed by atoms with van der Waals surface area (Å²) in [5, 5.41) is 12.9. The predicted molar refractivity (Wildman–Crippen MR) is 75.8 cm³/mol. The maximum Gasteiger partial charge on any atom is 0.225 e. The highest BCUT2D eigenvalue weighted by Gasteiger charge is 2.08. The first kappa shape index (κ1) is 13.6. The van der Waals surface area contributed by atoms with E-state index < -0.39 is 0 Å². The van der Waals surface area contributed by atoms with E-state index in [1.807, 2.05) is 24.5 Å². The van der Waals surface area contributed by atoms with E-state index in [2.05, 4.69) is 15.3 Å². The Morgan fingerprint density at radius 2 is 2.11 bits per heavy atom. The number of hydrogen-bond acceptors (Lipinski definition) is 6. The highest BCUT2D eigenvalue weighted by molar-refractivity contribution is 7.98. The van der Waals surface area contributed by atoms with Crippen molar-refractivity contribution >= 4 is 17.6 Å². The van der Waals surface area contributed by atoms with Gasteiger partial charge >= 0.3 is 0 Å². The number of aromatic nitrogens is 2. The Kier molecular flexibility index (Phi) is 4.59. The number of benzene rings is 1. The van der Waals surface area contributed by atoms with E-state index in [9.17, 15) is 5.11 Å². The number of para-hydroxylation sites is 1. The van der Waals surface area contributed by atoms with E-state index >= 15 is 0 Å². The number of hydrogen-bond donors (Lipinski definition) is 2. The second-order valence-corrected chi connectivity index (χ2v) is 4.47. The van der Waals surface area contributed by atoms with Gasteiger partial charge in [-0.2, -0.15) is 4.98 Å². The second-order valence-electron chi connectivity index (χ2n) is 3.70. The monoisotopic (exact) mass is 277 g/mol. The third-order valence-corrected chi connectivity index (χ3v) is 3.03. The zero-order chi connectivity index (χ0) is 13.7. The van der Waals surface area contributed by atoms with Crippen molar-refractivity contribution in [3.05, 3.63) is 35.9 Å². The van der Waals surface area contributed by atoms with Crippen LogP contribution in [0.1, 0.15) is 5.56 Å². The van der Waals surface area contributed by atoms with Crippen molar-refractivity contribution in [2.45, 2.75) is 11.8 Å². The van der Waals surface area contributed by atoms with Crippen LogP contribution in [0.2, 0.25) is 0 Å². The number of nitrogens with one attached hydrogen (secondary N) is 1. The Hall–Kier alpha value is -1.79. The summed E-state index contributed by atoms with van der Waals surface area (Å²) in [6, 6.07) is 9.03. The van der Waals surface area contributed by atoms with Crippen LogP contribution in [0.4, 0.5) is 5.82 Å². The molecule has 5 nitrogen and oxygen atoms in total. The number of aliphatic hydroxyl groups excluding tert-OH is 1. The van der Waals surface area contributed by atoms with Gasteiger partial charge < -0.3 is 15.2 Å². The number of anilines is 1. The smallest absolute Gasteiger partial charge is 0.225 e. The molecule has 0 atom stereocenters. The normalized spacial score (nSPS) is 10.3. The van der Waals surface area contributed by atoms with Gasteiger partial charge in [0.05, 0.1) is 6.61 Å². The number of thioether (sulfide) groups is 1. The van der Waals surface area contributed by atoms with Gasteiger partial charge in [0.2, 0.25) is 5.88 Å². The van der Waals surface area contributed by atoms with E-state index in [0.717, 1.165) is 5.56 Å². The minimum absolute atomic E-state index is 0.0739. The molecular formula is C13H15N3O2S. The lowest BCUT2D eigenvalue weighted by atomic mass is 10.2. The maximum atomic E-state index is 9.27. The lowest BCUT2D eigenvalue weighted by Gasteiger charge is -2.10. The molecule has 1 heterocycles. The minimum atomic E-state index is -0.0739. The molecular weight excluding hydrogens is 262 g/mol. The maximum absolute atomic E-state index is 9.27. The lowest BCUT2D eigenvalue weighted by molar-refractivity contribution is 0.276. The van der Waals surface area contributed by atoms with Crippen molar-refractivity contribution in [3.8, 4) is 11.6 Å². The molecule has 0 fully saturated rings. The van der Waals surface area contributed by atoms with Gasteiger partial charge in [-0.05, 0) is 12.3 Å². The Bertz CT molecular complexity index is 541. The van der Waals surface area contributed by atoms with Crippen LogP contribution in [0.5, 0.6) is 11.6 Å². The number of aliphatic hydroxyl groups is 1. The van der Waals surface area contributed by atoms with Crippen LogP contribution < -0.4 is 10.1 Å². The predicted octanol–water partition coefficient (Wildman–Crippen LogP) is 2.52. The quantitative estimate of drug-likeness (QED) is 0.646. The standard InChI is InChI=1S/C13H15N3O2S/c1-14-11-7-12(16-13(15-11)19-2)18-10-6-4-3-5-9(10)8-17/h3-7,17H,8H2,1-2H3,(H,14,15,16). The molecule has 0 aliphatic rings. The van der Waals surface area contributed by atoms with Crippen molar-refractivity contribution in [1.82, 2.24) is 9.97 Å². The van der Waals surface area contributed by atoms with Gasteiger partial charge in [-0.25, -0.2) is 4.98 Å². The second kappa shape index (κ2) is 6.40. The average molecular weight is 277 g/mol. The summed E-state index contributed by atoms with van der Waals surface area (Å²) in [4.78, 5) is 8.54. The highest BCUT2D eigenvalue weighted by Crippen LogP contribution is 2.26. The molecule has 0 amide bonds. The fraction of sp³-hybridized carbons (Fsp3) is 0.231. The van der Waals surface area contributed by atoms with Crippen LogP contribution in [0.3, 0.4) is 0 Å². The van der Waals surface area contributed by atoms with Crippen molar-refractivity contribution in [1.29, 1.82) is 0 Å². The summed E-state index contributed by atoms with van der Waals surface area (Å²) in [6.45, 7) is -0.0739. The fourth-order valence-electron chi connectivity index (χ4n) is 1.52. The van der Waals surface area contributed by atoms with E-state index in [-0.39, 0.29) is 6.61 Å². The molecule has 1 aromatic heterocycles. The third kappa shape index (κ3) is 3.36. The Labute approximate surface area is 116 Å². The number of rotatable bonds is 5. The molecule has 2 aromatic rings. The summed E-state index contributed by atoms with van der Waals surface area (Å²) in [5.74, 6) is 1.73. The van der Waals surface area contributed by atoms with Crippen molar-refractivity contribution < 1.29 is 9.84 Å². The molecule has 100 valence electrons. The molecule has 19 heavy (non-hydrogen) atoms. The van der Waals surface area contributed by atoms with Gasteiger partial charge in [0.15, 0.2) is 5.16 Å². The summed E-state index contributed by atoms with van der Waals surface area (Å²) >= 11 is 1.44. The summed E-state index contributed by atoms with van der Waals surface area (Å²) in [5.41, 5.74) is 0.720. The molecule has 0 bridgehead atoms. The summed E-state index contributed by atoms with van der Waals surface area (Å²) in [6.07, 6.45) is 1.90. The zero-order valence-corrected chi connectivity index (χ0v) is 11.6. The largest absolute Gasteiger partial charge is 0.438 e. The molecule has 0 aliphatic carbocycles. The molecule has 0 spiro atoms. The molecule has 0 saturated heterocycles. The Morgan fingerprint density at radius 1 is 1.32 bits per heavy atom. The zero-order valence-electron chi connectivity index (χ0n) is 10.8. The van der Waals surface area contributed by atoms with Crippen LogP contribution in [-0.4, -0.2) is 28.4 Å². The van der Waals surface area contributed by atoms with Crippen LogP contribution >= 0.6 is 11.8 Å². The van der Waals surface area contributed by atoms with Crippen molar-refractivity contribution in [2.24, 2.45) is 0 Å². The average Bonchev–Trinajstić information content (AvgIpc) is 2.47. The van der Waals surface area contributed by atoms with Crippen LogP contribution in [0.25, 0.3) is 0 Å². The number of nitrogens with zero attached hydrogens (tertiary/aromatic N) is 2. The molecule has 0 radical (unpaired) electrons. The SMILES string of the molecule is CNc1cc(Oc2ccccc2CO)nc(SC)n1. The lowest BCUT2D eigenvalue weighted by Crippen LogP contribution is -1.99. The third-order valence-electron chi connectivity index (χ3n) is 2.48. The molecule has 6 heteroatoms. The molecule has 0 aliphatic heterocycles. The molecule has 1 aromatic carbocycles. The molecule has 2 rings (SSSR count). The van der Waals surface area contributed by atoms with Crippen molar-refractivity contribution in [3.63, 3.8) is 0 Å². The Morgan fingerprint density at radius 3 is 2.79 bits per heavy atom. The first-order valence-corrected chi connectivity index (χ1v) is 6.96. The van der Waals surface area contributed by atoms with E-state index in [0.29, 0.717) is 22.6 Å². The summed E-state index contributed by atoms with van der Waals surface area (Å²) in [7, 11) is 1.79. The molecule has 0 unspecified atom stereocenters. The van der Waals surface area contributed by atoms with Gasteiger partial charge in [0.1, 0.15) is 11.6 Å². The van der Waals surface area contributed by atoms with E-state index in [4.69, 9.17) is 4.74 Å². The van der Waals surface area contributed by atoms with Gasteiger partial charge in [-0.15, -0.1) is 0 Å². The molecule has 0 saturated carbocycles. The number of ether oxygens (including phenoxy) is 1. The fourth-order valence-corrected chi connectivity index (χ4v) is 1.89. The van der Waals surface area contributed by atoms with E-state index in [1.165, 1.54) is 11.8 Å². The minimum Gasteiger partial charge on any atom is -0.438 e. The van der Waals surface area contributed by atoms with Crippen LogP contribution in [0.15, 0.2) is 35.5 Å². The van der Waals surface area contributed by atoms with Gasteiger partial charge in [0, 0.05) is 18.7 Å². The van der Waals surface area contributed by atoms with Gasteiger partial charge in [0.25, 0.3) is 0 Å².